The summed E-state index contributed by atoms with van der Waals surface area (Å²) < 4.78 is 5.34. The van der Waals surface area contributed by atoms with E-state index in [-0.39, 0.29) is 13.2 Å². The number of aliphatic hydroxyl groups excluding tert-OH is 1. The predicted molar refractivity (Wildman–Crippen MR) is 140 cm³/mol. The van der Waals surface area contributed by atoms with Crippen molar-refractivity contribution in [3.63, 3.8) is 0 Å². The summed E-state index contributed by atoms with van der Waals surface area (Å²) in [6, 6.07) is 21.5. The minimum Gasteiger partial charge on any atom is -0.457 e. The third-order valence-electron chi connectivity index (χ3n) is 6.24. The molecule has 0 aliphatic rings. The first kappa shape index (κ1) is 25.5. The number of esters is 1. The number of aliphatic hydroxyl groups is 1. The number of unbranched alkanes of at least 4 members (excludes halogenated alkanes) is 2. The van der Waals surface area contributed by atoms with E-state index >= 15 is 0 Å². The molecule has 0 aromatic heterocycles. The van der Waals surface area contributed by atoms with Gasteiger partial charge in [-0.2, -0.15) is 0 Å². The molecule has 3 nitrogen and oxygen atoms in total. The molecule has 3 heteroatoms. The highest BCUT2D eigenvalue weighted by Gasteiger charge is 2.11. The van der Waals surface area contributed by atoms with Gasteiger partial charge in [0.25, 0.3) is 0 Å². The van der Waals surface area contributed by atoms with Crippen LogP contribution in [-0.4, -0.2) is 11.1 Å². The van der Waals surface area contributed by atoms with E-state index < -0.39 is 5.97 Å². The summed E-state index contributed by atoms with van der Waals surface area (Å²) in [4.78, 5) is 11.8. The fraction of sp³-hybridized carbons (Fsp3) is 0.323. The Hall–Kier alpha value is -3.17. The minimum atomic E-state index is -0.428. The maximum Gasteiger partial charge on any atom is 0.333 e. The molecule has 0 radical (unpaired) electrons. The van der Waals surface area contributed by atoms with Crippen LogP contribution in [-0.2, 0) is 35.6 Å². The zero-order valence-electron chi connectivity index (χ0n) is 20.7. The van der Waals surface area contributed by atoms with Gasteiger partial charge in [0.2, 0.25) is 0 Å². The van der Waals surface area contributed by atoms with Crippen molar-refractivity contribution in [2.75, 3.05) is 0 Å². The number of aryl methyl sites for hydroxylation is 2. The van der Waals surface area contributed by atoms with Gasteiger partial charge in [0.15, 0.2) is 0 Å². The summed E-state index contributed by atoms with van der Waals surface area (Å²) in [6.45, 7) is 9.67. The number of benzene rings is 3. The Kier molecular flexibility index (Phi) is 9.24. The van der Waals surface area contributed by atoms with Crippen molar-refractivity contribution >= 4 is 5.97 Å². The SMILES string of the molecule is C=C(C)C(=O)OCc1cc(-c2ccc(-c3ccc(CCCCC)cc3)c(CC)c2)ccc1CO. The van der Waals surface area contributed by atoms with Crippen molar-refractivity contribution in [1.82, 2.24) is 0 Å². The molecule has 3 aromatic rings. The Morgan fingerprint density at radius 3 is 2.12 bits per heavy atom. The molecular formula is C31H36O3. The zero-order valence-corrected chi connectivity index (χ0v) is 20.7. The van der Waals surface area contributed by atoms with Crippen LogP contribution in [0.15, 0.2) is 72.8 Å². The number of ether oxygens (including phenoxy) is 1. The number of carbonyl (C=O) groups excluding carboxylic acids is 1. The van der Waals surface area contributed by atoms with Crippen LogP contribution >= 0.6 is 0 Å². The van der Waals surface area contributed by atoms with Gasteiger partial charge in [-0.05, 0) is 76.8 Å². The van der Waals surface area contributed by atoms with Crippen LogP contribution in [0.3, 0.4) is 0 Å². The second-order valence-corrected chi connectivity index (χ2v) is 8.88. The first-order valence-corrected chi connectivity index (χ1v) is 12.2. The number of hydrogen-bond acceptors (Lipinski definition) is 3. The predicted octanol–water partition coefficient (Wildman–Crippen LogP) is 7.43. The van der Waals surface area contributed by atoms with Gasteiger partial charge in [0.1, 0.15) is 6.61 Å². The number of hydrogen-bond donors (Lipinski definition) is 1. The van der Waals surface area contributed by atoms with E-state index in [0.29, 0.717) is 5.57 Å². The number of rotatable bonds is 11. The quantitative estimate of drug-likeness (QED) is 0.185. The van der Waals surface area contributed by atoms with Gasteiger partial charge in [-0.25, -0.2) is 4.79 Å². The number of carbonyl (C=O) groups is 1. The summed E-state index contributed by atoms with van der Waals surface area (Å²) in [5.74, 6) is -0.428. The van der Waals surface area contributed by atoms with Crippen molar-refractivity contribution in [3.8, 4) is 22.3 Å². The molecule has 1 N–H and O–H groups in total. The van der Waals surface area contributed by atoms with Crippen molar-refractivity contribution in [3.05, 3.63) is 95.1 Å². The van der Waals surface area contributed by atoms with Gasteiger partial charge in [0.05, 0.1) is 6.61 Å². The fourth-order valence-electron chi connectivity index (χ4n) is 4.14. The van der Waals surface area contributed by atoms with Gasteiger partial charge in [0, 0.05) is 5.57 Å². The largest absolute Gasteiger partial charge is 0.457 e. The Morgan fingerprint density at radius 1 is 0.853 bits per heavy atom. The van der Waals surface area contributed by atoms with Crippen molar-refractivity contribution in [2.45, 2.75) is 66.1 Å². The molecule has 0 saturated carbocycles. The van der Waals surface area contributed by atoms with Gasteiger partial charge >= 0.3 is 5.97 Å². The standard InChI is InChI=1S/C31H36O3/c1-5-7-8-9-23-10-12-25(13-11-23)30-17-16-27(18-24(30)6-2)26-14-15-28(20-32)29(19-26)21-34-31(33)22(3)4/h10-19,32H,3,5-9,20-21H2,1-2,4H3. The maximum atomic E-state index is 11.8. The summed E-state index contributed by atoms with van der Waals surface area (Å²) in [6.07, 6.45) is 5.84. The molecule has 34 heavy (non-hydrogen) atoms. The molecule has 0 atom stereocenters. The van der Waals surface area contributed by atoms with Crippen molar-refractivity contribution in [2.24, 2.45) is 0 Å². The molecule has 0 unspecified atom stereocenters. The second-order valence-electron chi connectivity index (χ2n) is 8.88. The van der Waals surface area contributed by atoms with Gasteiger partial charge in [-0.1, -0.05) is 87.9 Å². The Labute approximate surface area is 204 Å². The third-order valence-corrected chi connectivity index (χ3v) is 6.24. The second kappa shape index (κ2) is 12.3. The molecule has 0 fully saturated rings. The lowest BCUT2D eigenvalue weighted by Crippen LogP contribution is -2.06. The van der Waals surface area contributed by atoms with E-state index in [2.05, 4.69) is 62.9 Å². The van der Waals surface area contributed by atoms with E-state index in [9.17, 15) is 9.90 Å². The minimum absolute atomic E-state index is 0.103. The lowest BCUT2D eigenvalue weighted by molar-refractivity contribution is -0.140. The summed E-state index contributed by atoms with van der Waals surface area (Å²) in [5, 5.41) is 9.72. The highest BCUT2D eigenvalue weighted by atomic mass is 16.5. The first-order chi connectivity index (χ1) is 16.5. The highest BCUT2D eigenvalue weighted by molar-refractivity contribution is 5.87. The van der Waals surface area contributed by atoms with Crippen LogP contribution in [0.2, 0.25) is 0 Å². The normalized spacial score (nSPS) is 10.8. The van der Waals surface area contributed by atoms with Crippen LogP contribution < -0.4 is 0 Å². The average molecular weight is 457 g/mol. The molecule has 3 rings (SSSR count). The molecule has 0 aliphatic carbocycles. The van der Waals surface area contributed by atoms with Gasteiger partial charge < -0.3 is 9.84 Å². The maximum absolute atomic E-state index is 11.8. The molecule has 0 bridgehead atoms. The first-order valence-electron chi connectivity index (χ1n) is 12.2. The van der Waals surface area contributed by atoms with Gasteiger partial charge in [-0.15, -0.1) is 0 Å². The van der Waals surface area contributed by atoms with Crippen LogP contribution in [0.25, 0.3) is 22.3 Å². The van der Waals surface area contributed by atoms with Crippen LogP contribution in [0, 0.1) is 0 Å². The van der Waals surface area contributed by atoms with E-state index in [1.807, 2.05) is 18.2 Å². The fourth-order valence-corrected chi connectivity index (χ4v) is 4.14. The summed E-state index contributed by atoms with van der Waals surface area (Å²) in [5.41, 5.74) is 9.24. The molecule has 0 aliphatic heterocycles. The lowest BCUT2D eigenvalue weighted by Gasteiger charge is -2.14. The molecule has 0 heterocycles. The topological polar surface area (TPSA) is 46.5 Å². The molecule has 0 amide bonds. The van der Waals surface area contributed by atoms with Gasteiger partial charge in [-0.3, -0.25) is 0 Å². The third kappa shape index (κ3) is 6.45. The molecular weight excluding hydrogens is 420 g/mol. The monoisotopic (exact) mass is 456 g/mol. The smallest absolute Gasteiger partial charge is 0.333 e. The van der Waals surface area contributed by atoms with Crippen LogP contribution in [0.5, 0.6) is 0 Å². The van der Waals surface area contributed by atoms with Crippen molar-refractivity contribution in [1.29, 1.82) is 0 Å². The average Bonchev–Trinajstić information content (AvgIpc) is 2.87. The molecule has 0 spiro atoms. The summed E-state index contributed by atoms with van der Waals surface area (Å²) in [7, 11) is 0. The van der Waals surface area contributed by atoms with Crippen LogP contribution in [0.1, 0.15) is 62.3 Å². The Balaban J connectivity index is 1.85. The molecule has 0 saturated heterocycles. The van der Waals surface area contributed by atoms with E-state index in [4.69, 9.17) is 4.74 Å². The van der Waals surface area contributed by atoms with E-state index in [1.165, 1.54) is 41.5 Å². The molecule has 3 aromatic carbocycles. The highest BCUT2D eigenvalue weighted by Crippen LogP contribution is 2.31. The van der Waals surface area contributed by atoms with E-state index in [1.54, 1.807) is 6.92 Å². The Morgan fingerprint density at radius 2 is 1.50 bits per heavy atom. The van der Waals surface area contributed by atoms with Crippen LogP contribution in [0.4, 0.5) is 0 Å². The molecule has 178 valence electrons. The Bertz CT molecular complexity index is 1130. The lowest BCUT2D eigenvalue weighted by atomic mass is 9.92. The van der Waals surface area contributed by atoms with Crippen molar-refractivity contribution < 1.29 is 14.6 Å². The zero-order chi connectivity index (χ0) is 24.5. The van der Waals surface area contributed by atoms with E-state index in [0.717, 1.165) is 35.1 Å². The summed E-state index contributed by atoms with van der Waals surface area (Å²) >= 11 is 0.